The number of carbonyl (C=O) groups excluding carboxylic acids is 1. The van der Waals surface area contributed by atoms with Gasteiger partial charge in [0.15, 0.2) is 11.5 Å². The lowest BCUT2D eigenvalue weighted by atomic mass is 10.1. The van der Waals surface area contributed by atoms with Crippen molar-refractivity contribution in [3.05, 3.63) is 33.4 Å². The summed E-state index contributed by atoms with van der Waals surface area (Å²) in [7, 11) is 0. The van der Waals surface area contributed by atoms with E-state index in [-0.39, 0.29) is 12.1 Å². The van der Waals surface area contributed by atoms with E-state index in [4.69, 9.17) is 28.5 Å². The minimum absolute atomic E-state index is 0.119. The number of amides is 1. The maximum Gasteiger partial charge on any atom is 0.472 e. The van der Waals surface area contributed by atoms with E-state index in [2.05, 4.69) is 5.10 Å². The number of halogens is 11. The Morgan fingerprint density at radius 3 is 1.97 bits per heavy atom. The Bertz CT molecular complexity index is 1030. The third kappa shape index (κ3) is 5.49. The smallest absolute Gasteiger partial charge is 0.265 e. The molecular formula is C14H3Cl2F9N4OS. The van der Waals surface area contributed by atoms with Gasteiger partial charge in [-0.1, -0.05) is 23.2 Å². The van der Waals surface area contributed by atoms with Gasteiger partial charge in [-0.15, -0.1) is 0 Å². The highest BCUT2D eigenvalue weighted by Crippen LogP contribution is 2.48. The molecule has 0 aliphatic rings. The van der Waals surface area contributed by atoms with Crippen LogP contribution in [-0.2, 0) is 11.0 Å². The van der Waals surface area contributed by atoms with Gasteiger partial charge in [0.1, 0.15) is 6.07 Å². The Morgan fingerprint density at radius 2 is 1.58 bits per heavy atom. The fourth-order valence-electron chi connectivity index (χ4n) is 2.14. The first-order chi connectivity index (χ1) is 14.0. The summed E-state index contributed by atoms with van der Waals surface area (Å²) in [4.78, 5) is 10.2. The lowest BCUT2D eigenvalue weighted by molar-refractivity contribution is -0.169. The second-order valence-electron chi connectivity index (χ2n) is 5.34. The van der Waals surface area contributed by atoms with Gasteiger partial charge in [-0.05, 0) is 23.9 Å². The highest BCUT2D eigenvalue weighted by molar-refractivity contribution is 8.00. The number of alkyl halides is 9. The number of nitriles is 1. The van der Waals surface area contributed by atoms with Crippen molar-refractivity contribution in [3.63, 3.8) is 0 Å². The molecule has 0 aliphatic heterocycles. The number of nitrogens with one attached hydrogen (secondary N) is 1. The van der Waals surface area contributed by atoms with E-state index in [9.17, 15) is 44.3 Å². The number of benzene rings is 1. The molecular weight excluding hydrogens is 514 g/mol. The van der Waals surface area contributed by atoms with Crippen molar-refractivity contribution < 1.29 is 44.3 Å². The molecule has 0 saturated heterocycles. The Hall–Kier alpha value is -2.31. The summed E-state index contributed by atoms with van der Waals surface area (Å²) >= 11 is 10.2. The lowest BCUT2D eigenvalue weighted by Crippen LogP contribution is -2.39. The molecule has 0 aliphatic carbocycles. The third-order valence-corrected chi connectivity index (χ3v) is 4.66. The summed E-state index contributed by atoms with van der Waals surface area (Å²) in [5, 5.41) is 11.5. The van der Waals surface area contributed by atoms with Gasteiger partial charge in [0, 0.05) is 0 Å². The second-order valence-corrected chi connectivity index (χ2v) is 7.23. The normalized spacial score (nSPS) is 12.6. The van der Waals surface area contributed by atoms with Gasteiger partial charge in [-0.2, -0.15) is 49.9 Å². The Labute approximate surface area is 179 Å². The Morgan fingerprint density at radius 1 is 1.06 bits per heavy atom. The zero-order valence-corrected chi connectivity index (χ0v) is 16.3. The van der Waals surface area contributed by atoms with Crippen LogP contribution < -0.4 is 4.90 Å². The van der Waals surface area contributed by atoms with Gasteiger partial charge in [0.25, 0.3) is 0 Å². The second kappa shape index (κ2) is 8.32. The molecule has 1 aromatic carbocycles. The molecule has 1 N–H and O–H groups in total. The minimum atomic E-state index is -5.75. The van der Waals surface area contributed by atoms with Crippen LogP contribution in [0, 0.1) is 11.3 Å². The molecule has 0 unspecified atom stereocenters. The Balaban J connectivity index is 2.84. The summed E-state index contributed by atoms with van der Waals surface area (Å²) < 4.78 is 117. The van der Waals surface area contributed by atoms with Gasteiger partial charge in [-0.25, -0.2) is 0 Å². The molecule has 168 valence electrons. The van der Waals surface area contributed by atoms with Gasteiger partial charge < -0.3 is 0 Å². The number of nitrogens with zero attached hydrogens (tertiary/aromatic N) is 3. The fraction of sp³-hybridized carbons (Fsp3) is 0.214. The van der Waals surface area contributed by atoms with Gasteiger partial charge >= 0.3 is 23.8 Å². The number of rotatable bonds is 3. The van der Waals surface area contributed by atoms with Crippen molar-refractivity contribution in [2.45, 2.75) is 22.8 Å². The molecule has 1 heterocycles. The molecule has 0 bridgehead atoms. The van der Waals surface area contributed by atoms with Crippen LogP contribution >= 0.6 is 35.0 Å². The maximum absolute atomic E-state index is 13.2. The van der Waals surface area contributed by atoms with Crippen LogP contribution in [0.2, 0.25) is 10.0 Å². The summed E-state index contributed by atoms with van der Waals surface area (Å²) in [5.74, 6) is -4.28. The number of aromatic amines is 1. The molecule has 2 rings (SSSR count). The largest absolute Gasteiger partial charge is 0.472 e. The van der Waals surface area contributed by atoms with E-state index < -0.39 is 78.1 Å². The molecule has 31 heavy (non-hydrogen) atoms. The van der Waals surface area contributed by atoms with Crippen molar-refractivity contribution in [2.24, 2.45) is 0 Å². The van der Waals surface area contributed by atoms with Crippen LogP contribution in [0.4, 0.5) is 51.0 Å². The Kier molecular flexibility index (Phi) is 6.70. The van der Waals surface area contributed by atoms with E-state index in [1.165, 1.54) is 6.07 Å². The van der Waals surface area contributed by atoms with Crippen LogP contribution in [0.3, 0.4) is 0 Å². The third-order valence-electron chi connectivity index (χ3n) is 3.26. The standard InChI is InChI=1S/C14H3Cl2F9N4OS/c15-5-1-4(12(17,18)19)2-6(16)8(5)29(11(30)13(20,21)22)10-9(31-14(23,24)25)7(3-26)27-28-10/h1-2H,(H,27,28). The van der Waals surface area contributed by atoms with Crippen molar-refractivity contribution >= 4 is 52.4 Å². The van der Waals surface area contributed by atoms with Crippen molar-refractivity contribution in [1.82, 2.24) is 10.2 Å². The average molecular weight is 517 g/mol. The topological polar surface area (TPSA) is 72.8 Å². The zero-order valence-electron chi connectivity index (χ0n) is 14.0. The molecule has 1 aromatic heterocycles. The van der Waals surface area contributed by atoms with Gasteiger partial charge in [0.05, 0.1) is 26.2 Å². The first-order valence-corrected chi connectivity index (χ1v) is 8.76. The summed E-state index contributed by atoms with van der Waals surface area (Å²) in [6.45, 7) is 0. The predicted octanol–water partition coefficient (Wildman–Crippen LogP) is 6.45. The maximum atomic E-state index is 13.2. The number of thioether (sulfide) groups is 1. The van der Waals surface area contributed by atoms with Gasteiger partial charge in [0.2, 0.25) is 0 Å². The SMILES string of the molecule is N#Cc1[nH]nc(N(C(=O)C(F)(F)F)c2c(Cl)cc(C(F)(F)F)cc2Cl)c1SC(F)(F)F. The van der Waals surface area contributed by atoms with Crippen molar-refractivity contribution in [3.8, 4) is 6.07 Å². The first kappa shape index (κ1) is 25.0. The average Bonchev–Trinajstić information content (AvgIpc) is 2.96. The molecule has 5 nitrogen and oxygen atoms in total. The van der Waals surface area contributed by atoms with E-state index in [1.807, 2.05) is 0 Å². The quantitative estimate of drug-likeness (QED) is 0.376. The first-order valence-electron chi connectivity index (χ1n) is 7.19. The van der Waals surface area contributed by atoms with E-state index in [0.717, 1.165) is 0 Å². The number of aromatic nitrogens is 2. The molecule has 2 aromatic rings. The van der Waals surface area contributed by atoms with Crippen molar-refractivity contribution in [1.29, 1.82) is 5.26 Å². The zero-order chi connectivity index (χ0) is 23.9. The van der Waals surface area contributed by atoms with Crippen LogP contribution in [-0.4, -0.2) is 27.8 Å². The number of hydrogen-bond donors (Lipinski definition) is 1. The molecule has 0 spiro atoms. The van der Waals surface area contributed by atoms with E-state index in [0.29, 0.717) is 0 Å². The summed E-state index contributed by atoms with van der Waals surface area (Å²) in [6.07, 6.45) is -10.8. The molecule has 0 radical (unpaired) electrons. The highest BCUT2D eigenvalue weighted by atomic mass is 35.5. The molecule has 1 amide bonds. The van der Waals surface area contributed by atoms with Crippen LogP contribution in [0.25, 0.3) is 0 Å². The van der Waals surface area contributed by atoms with Crippen molar-refractivity contribution in [2.75, 3.05) is 4.90 Å². The predicted molar refractivity (Wildman–Crippen MR) is 89.9 cm³/mol. The lowest BCUT2D eigenvalue weighted by Gasteiger charge is -2.25. The molecule has 0 saturated carbocycles. The summed E-state index contributed by atoms with van der Waals surface area (Å²) in [5.41, 5.74) is -8.85. The fourth-order valence-corrected chi connectivity index (χ4v) is 3.44. The minimum Gasteiger partial charge on any atom is -0.265 e. The van der Waals surface area contributed by atoms with Crippen LogP contribution in [0.15, 0.2) is 17.0 Å². The molecule has 0 fully saturated rings. The number of carbonyl (C=O) groups is 1. The molecule has 17 heteroatoms. The number of hydrogen-bond acceptors (Lipinski definition) is 4. The van der Waals surface area contributed by atoms with E-state index >= 15 is 0 Å². The highest BCUT2D eigenvalue weighted by Gasteiger charge is 2.48. The van der Waals surface area contributed by atoms with Gasteiger partial charge in [-0.3, -0.25) is 14.8 Å². The monoisotopic (exact) mass is 516 g/mol. The van der Waals surface area contributed by atoms with Crippen LogP contribution in [0.5, 0.6) is 0 Å². The van der Waals surface area contributed by atoms with Crippen LogP contribution in [0.1, 0.15) is 11.3 Å². The number of H-pyrrole nitrogens is 1. The van der Waals surface area contributed by atoms with E-state index in [1.54, 1.807) is 5.10 Å². The molecule has 0 atom stereocenters. The number of anilines is 2. The summed E-state index contributed by atoms with van der Waals surface area (Å²) in [6, 6.07) is 1.45.